The number of hydrogen-bond acceptors (Lipinski definition) is 2. The van der Waals surface area contributed by atoms with Gasteiger partial charge >= 0.3 is 0 Å². The zero-order chi connectivity index (χ0) is 13.0. The normalized spacial score (nSPS) is 10.1. The molecule has 1 aromatic carbocycles. The third-order valence-electron chi connectivity index (χ3n) is 2.56. The Hall–Kier alpha value is -1.87. The van der Waals surface area contributed by atoms with Crippen LogP contribution in [0.2, 0.25) is 5.02 Å². The number of pyridine rings is 1. The summed E-state index contributed by atoms with van der Waals surface area (Å²) < 4.78 is 0. The number of anilines is 1. The van der Waals surface area contributed by atoms with Crippen LogP contribution >= 0.6 is 11.6 Å². The summed E-state index contributed by atoms with van der Waals surface area (Å²) in [5.41, 5.74) is 2.62. The van der Waals surface area contributed by atoms with Gasteiger partial charge in [-0.25, -0.2) is 0 Å². The highest BCUT2D eigenvalue weighted by Gasteiger charge is 2.06. The van der Waals surface area contributed by atoms with Gasteiger partial charge in [0.2, 0.25) is 5.91 Å². The first-order valence-corrected chi connectivity index (χ1v) is 5.98. The Morgan fingerprint density at radius 1 is 1.39 bits per heavy atom. The van der Waals surface area contributed by atoms with Gasteiger partial charge < -0.3 is 5.32 Å². The molecule has 0 saturated heterocycles. The molecule has 0 fully saturated rings. The molecule has 92 valence electrons. The summed E-state index contributed by atoms with van der Waals surface area (Å²) in [6, 6.07) is 9.11. The van der Waals surface area contributed by atoms with E-state index in [-0.39, 0.29) is 5.91 Å². The highest BCUT2D eigenvalue weighted by molar-refractivity contribution is 6.31. The van der Waals surface area contributed by atoms with E-state index < -0.39 is 0 Å². The van der Waals surface area contributed by atoms with E-state index in [4.69, 9.17) is 11.6 Å². The number of aryl methyl sites for hydroxylation is 1. The molecule has 1 N–H and O–H groups in total. The van der Waals surface area contributed by atoms with E-state index in [1.54, 1.807) is 24.5 Å². The molecule has 0 saturated carbocycles. The summed E-state index contributed by atoms with van der Waals surface area (Å²) in [5.74, 6) is -0.0756. The molecule has 4 heteroatoms. The average molecular weight is 261 g/mol. The number of hydrogen-bond donors (Lipinski definition) is 1. The topological polar surface area (TPSA) is 42.0 Å². The summed E-state index contributed by atoms with van der Waals surface area (Å²) in [7, 11) is 0. The number of carbonyl (C=O) groups excluding carboxylic acids is 1. The third kappa shape index (κ3) is 3.31. The minimum atomic E-state index is -0.0756. The van der Waals surface area contributed by atoms with Crippen LogP contribution in [0.25, 0.3) is 0 Å². The van der Waals surface area contributed by atoms with Crippen molar-refractivity contribution in [2.75, 3.05) is 5.32 Å². The van der Waals surface area contributed by atoms with Gasteiger partial charge in [0.05, 0.1) is 6.42 Å². The van der Waals surface area contributed by atoms with Gasteiger partial charge in [-0.3, -0.25) is 9.78 Å². The molecule has 18 heavy (non-hydrogen) atoms. The molecular formula is C14H13ClN2O. The molecule has 2 rings (SSSR count). The quantitative estimate of drug-likeness (QED) is 0.921. The number of nitrogens with zero attached hydrogens (tertiary/aromatic N) is 1. The number of amides is 1. The molecule has 0 atom stereocenters. The Balaban J connectivity index is 2.05. The number of rotatable bonds is 3. The summed E-state index contributed by atoms with van der Waals surface area (Å²) in [4.78, 5) is 15.8. The smallest absolute Gasteiger partial charge is 0.228 e. The van der Waals surface area contributed by atoms with Crippen LogP contribution < -0.4 is 5.32 Å². The molecule has 1 heterocycles. The predicted octanol–water partition coefficient (Wildman–Crippen LogP) is 3.22. The minimum Gasteiger partial charge on any atom is -0.326 e. The van der Waals surface area contributed by atoms with Gasteiger partial charge in [0.25, 0.3) is 0 Å². The van der Waals surface area contributed by atoms with Gasteiger partial charge in [-0.15, -0.1) is 0 Å². The molecule has 0 aliphatic carbocycles. The zero-order valence-corrected chi connectivity index (χ0v) is 10.7. The second-order valence-electron chi connectivity index (χ2n) is 4.05. The number of benzene rings is 1. The van der Waals surface area contributed by atoms with Crippen LogP contribution in [0.3, 0.4) is 0 Å². The largest absolute Gasteiger partial charge is 0.326 e. The van der Waals surface area contributed by atoms with E-state index in [1.807, 2.05) is 25.1 Å². The first-order valence-electron chi connectivity index (χ1n) is 5.60. The molecule has 0 aliphatic heterocycles. The van der Waals surface area contributed by atoms with E-state index in [2.05, 4.69) is 10.3 Å². The van der Waals surface area contributed by atoms with Gasteiger partial charge in [0.1, 0.15) is 0 Å². The number of nitrogens with one attached hydrogen (secondary N) is 1. The van der Waals surface area contributed by atoms with E-state index in [9.17, 15) is 4.79 Å². The maximum Gasteiger partial charge on any atom is 0.228 e. The van der Waals surface area contributed by atoms with Crippen LogP contribution in [0.5, 0.6) is 0 Å². The molecule has 0 aliphatic rings. The van der Waals surface area contributed by atoms with Crippen LogP contribution in [-0.2, 0) is 11.2 Å². The van der Waals surface area contributed by atoms with Crippen molar-refractivity contribution < 1.29 is 4.79 Å². The van der Waals surface area contributed by atoms with Crippen LogP contribution in [0.1, 0.15) is 11.1 Å². The highest BCUT2D eigenvalue weighted by atomic mass is 35.5. The lowest BCUT2D eigenvalue weighted by Crippen LogP contribution is -2.15. The fraction of sp³-hybridized carbons (Fsp3) is 0.143. The molecule has 0 bridgehead atoms. The van der Waals surface area contributed by atoms with Crippen molar-refractivity contribution in [3.63, 3.8) is 0 Å². The number of aromatic nitrogens is 1. The van der Waals surface area contributed by atoms with Gasteiger partial charge in [-0.05, 0) is 36.2 Å². The first kappa shape index (κ1) is 12.6. The van der Waals surface area contributed by atoms with Crippen molar-refractivity contribution >= 4 is 23.2 Å². The predicted molar refractivity (Wildman–Crippen MR) is 72.8 cm³/mol. The molecule has 2 aromatic rings. The van der Waals surface area contributed by atoms with Crippen LogP contribution in [0.15, 0.2) is 42.7 Å². The minimum absolute atomic E-state index is 0.0756. The number of halogens is 1. The third-order valence-corrected chi connectivity index (χ3v) is 2.80. The standard InChI is InChI=1S/C14H13ClN2O/c1-10-4-5-12(15)8-13(10)17-14(18)7-11-3-2-6-16-9-11/h2-6,8-9H,7H2,1H3,(H,17,18). The Bertz CT molecular complexity index is 555. The number of carbonyl (C=O) groups is 1. The van der Waals surface area contributed by atoms with Crippen molar-refractivity contribution in [3.8, 4) is 0 Å². The summed E-state index contributed by atoms with van der Waals surface area (Å²) in [6.07, 6.45) is 3.67. The lowest BCUT2D eigenvalue weighted by molar-refractivity contribution is -0.115. The molecule has 3 nitrogen and oxygen atoms in total. The molecular weight excluding hydrogens is 248 g/mol. The van der Waals surface area contributed by atoms with Gasteiger partial charge in [0.15, 0.2) is 0 Å². The van der Waals surface area contributed by atoms with Crippen molar-refractivity contribution in [2.24, 2.45) is 0 Å². The Labute approximate surface area is 111 Å². The molecule has 0 unspecified atom stereocenters. The molecule has 1 amide bonds. The highest BCUT2D eigenvalue weighted by Crippen LogP contribution is 2.20. The summed E-state index contributed by atoms with van der Waals surface area (Å²) >= 11 is 5.90. The summed E-state index contributed by atoms with van der Waals surface area (Å²) in [5, 5.41) is 3.46. The molecule has 0 spiro atoms. The fourth-order valence-electron chi connectivity index (χ4n) is 1.61. The summed E-state index contributed by atoms with van der Waals surface area (Å²) in [6.45, 7) is 1.93. The maximum absolute atomic E-state index is 11.9. The molecule has 0 radical (unpaired) electrons. The van der Waals surface area contributed by atoms with E-state index in [0.717, 1.165) is 16.8 Å². The zero-order valence-electron chi connectivity index (χ0n) is 9.98. The SMILES string of the molecule is Cc1ccc(Cl)cc1NC(=O)Cc1cccnc1. The Morgan fingerprint density at radius 3 is 2.94 bits per heavy atom. The van der Waals surface area contributed by atoms with Gasteiger partial charge in [0, 0.05) is 23.1 Å². The second-order valence-corrected chi connectivity index (χ2v) is 4.48. The van der Waals surface area contributed by atoms with Crippen LogP contribution in [0, 0.1) is 6.92 Å². The first-order chi connectivity index (χ1) is 8.65. The second kappa shape index (κ2) is 5.65. The van der Waals surface area contributed by atoms with Crippen LogP contribution in [-0.4, -0.2) is 10.9 Å². The van der Waals surface area contributed by atoms with Crippen LogP contribution in [0.4, 0.5) is 5.69 Å². The van der Waals surface area contributed by atoms with Crippen molar-refractivity contribution in [3.05, 3.63) is 58.9 Å². The molecule has 1 aromatic heterocycles. The maximum atomic E-state index is 11.9. The van der Waals surface area contributed by atoms with Gasteiger partial charge in [-0.1, -0.05) is 23.7 Å². The van der Waals surface area contributed by atoms with E-state index in [0.29, 0.717) is 11.4 Å². The lowest BCUT2D eigenvalue weighted by Gasteiger charge is -2.08. The van der Waals surface area contributed by atoms with Crippen molar-refractivity contribution in [1.29, 1.82) is 0 Å². The monoisotopic (exact) mass is 260 g/mol. The van der Waals surface area contributed by atoms with Crippen molar-refractivity contribution in [2.45, 2.75) is 13.3 Å². The Kier molecular flexibility index (Phi) is 3.95. The van der Waals surface area contributed by atoms with E-state index in [1.165, 1.54) is 0 Å². The van der Waals surface area contributed by atoms with E-state index >= 15 is 0 Å². The average Bonchev–Trinajstić information content (AvgIpc) is 2.35. The van der Waals surface area contributed by atoms with Gasteiger partial charge in [-0.2, -0.15) is 0 Å². The fourth-order valence-corrected chi connectivity index (χ4v) is 1.78. The lowest BCUT2D eigenvalue weighted by atomic mass is 10.1. The Morgan fingerprint density at radius 2 is 2.22 bits per heavy atom. The van der Waals surface area contributed by atoms with Crippen molar-refractivity contribution in [1.82, 2.24) is 4.98 Å².